The fourth-order valence-corrected chi connectivity index (χ4v) is 1.71. The largest absolute Gasteiger partial charge is 0.370 e. The molecule has 0 radical (unpaired) electrons. The van der Waals surface area contributed by atoms with E-state index < -0.39 is 0 Å². The van der Waals surface area contributed by atoms with E-state index in [1.165, 1.54) is 19.3 Å². The molecule has 0 spiro atoms. The molecule has 0 amide bonds. The van der Waals surface area contributed by atoms with E-state index in [1.54, 1.807) is 0 Å². The first-order valence-electron chi connectivity index (χ1n) is 5.86. The van der Waals surface area contributed by atoms with Gasteiger partial charge in [-0.15, -0.1) is 0 Å². The summed E-state index contributed by atoms with van der Waals surface area (Å²) in [7, 11) is 0. The first-order chi connectivity index (χ1) is 7.28. The van der Waals surface area contributed by atoms with Gasteiger partial charge in [0, 0.05) is 18.3 Å². The Labute approximate surface area is 91.3 Å². The highest BCUT2D eigenvalue weighted by molar-refractivity contribution is 5.35. The van der Waals surface area contributed by atoms with Gasteiger partial charge in [0.15, 0.2) is 0 Å². The molecule has 1 fully saturated rings. The molecule has 0 atom stereocenters. The van der Waals surface area contributed by atoms with Crippen LogP contribution in [0.5, 0.6) is 0 Å². The molecule has 1 aliphatic carbocycles. The van der Waals surface area contributed by atoms with Gasteiger partial charge < -0.3 is 5.32 Å². The van der Waals surface area contributed by atoms with Gasteiger partial charge in [0.1, 0.15) is 11.6 Å². The summed E-state index contributed by atoms with van der Waals surface area (Å²) < 4.78 is 0. The van der Waals surface area contributed by atoms with Crippen molar-refractivity contribution in [2.75, 3.05) is 11.9 Å². The third-order valence-corrected chi connectivity index (χ3v) is 2.81. The monoisotopic (exact) mass is 205 g/mol. The van der Waals surface area contributed by atoms with Gasteiger partial charge in [0.05, 0.1) is 0 Å². The van der Waals surface area contributed by atoms with Crippen molar-refractivity contribution in [1.29, 1.82) is 0 Å². The Morgan fingerprint density at radius 2 is 2.20 bits per heavy atom. The van der Waals surface area contributed by atoms with Crippen LogP contribution in [-0.2, 0) is 6.42 Å². The molecule has 2 rings (SSSR count). The van der Waals surface area contributed by atoms with Crippen molar-refractivity contribution in [3.8, 4) is 0 Å². The highest BCUT2D eigenvalue weighted by Gasteiger charge is 2.20. The average molecular weight is 205 g/mol. The molecule has 1 aromatic rings. The molecular formula is C12H19N3. The molecule has 0 bridgehead atoms. The van der Waals surface area contributed by atoms with Gasteiger partial charge in [-0.05, 0) is 25.7 Å². The molecule has 0 unspecified atom stereocenters. The molecule has 3 nitrogen and oxygen atoms in total. The van der Waals surface area contributed by atoms with E-state index in [0.29, 0.717) is 0 Å². The number of nitrogens with zero attached hydrogens (tertiary/aromatic N) is 2. The number of rotatable bonds is 5. The standard InChI is InChI=1S/C12H19N3/c1-3-11-8-12(15-9(2)14-11)13-7-6-10-4-5-10/h8,10H,3-7H2,1-2H3,(H,13,14,15). The van der Waals surface area contributed by atoms with E-state index in [0.717, 1.165) is 36.2 Å². The lowest BCUT2D eigenvalue weighted by molar-refractivity contribution is 0.757. The molecule has 0 saturated heterocycles. The normalized spacial score (nSPS) is 15.3. The Morgan fingerprint density at radius 3 is 2.87 bits per heavy atom. The molecule has 15 heavy (non-hydrogen) atoms. The average Bonchev–Trinajstić information content (AvgIpc) is 3.01. The van der Waals surface area contributed by atoms with Crippen molar-refractivity contribution in [3.63, 3.8) is 0 Å². The predicted octanol–water partition coefficient (Wildman–Crippen LogP) is 2.56. The minimum atomic E-state index is 0.864. The highest BCUT2D eigenvalue weighted by Crippen LogP contribution is 2.31. The lowest BCUT2D eigenvalue weighted by atomic mass is 10.3. The van der Waals surface area contributed by atoms with Crippen LogP contribution in [0.4, 0.5) is 5.82 Å². The SMILES string of the molecule is CCc1cc(NCCC2CC2)nc(C)n1. The fourth-order valence-electron chi connectivity index (χ4n) is 1.71. The summed E-state index contributed by atoms with van der Waals surface area (Å²) in [6.45, 7) is 5.12. The molecule has 3 heteroatoms. The minimum Gasteiger partial charge on any atom is -0.370 e. The van der Waals surface area contributed by atoms with Crippen LogP contribution in [0.2, 0.25) is 0 Å². The predicted molar refractivity (Wildman–Crippen MR) is 62.0 cm³/mol. The Hall–Kier alpha value is -1.12. The van der Waals surface area contributed by atoms with E-state index in [1.807, 2.05) is 6.92 Å². The quantitative estimate of drug-likeness (QED) is 0.802. The first-order valence-corrected chi connectivity index (χ1v) is 5.86. The second-order valence-electron chi connectivity index (χ2n) is 4.30. The lowest BCUT2D eigenvalue weighted by Gasteiger charge is -2.07. The topological polar surface area (TPSA) is 37.8 Å². The number of aromatic nitrogens is 2. The van der Waals surface area contributed by atoms with Gasteiger partial charge >= 0.3 is 0 Å². The number of hydrogen-bond acceptors (Lipinski definition) is 3. The molecule has 1 saturated carbocycles. The summed E-state index contributed by atoms with van der Waals surface area (Å²) in [5.41, 5.74) is 1.12. The van der Waals surface area contributed by atoms with E-state index in [9.17, 15) is 0 Å². The third-order valence-electron chi connectivity index (χ3n) is 2.81. The van der Waals surface area contributed by atoms with E-state index in [2.05, 4.69) is 28.3 Å². The van der Waals surface area contributed by atoms with Gasteiger partial charge in [-0.3, -0.25) is 0 Å². The van der Waals surface area contributed by atoms with Crippen LogP contribution in [-0.4, -0.2) is 16.5 Å². The zero-order valence-electron chi connectivity index (χ0n) is 9.58. The molecular weight excluding hydrogens is 186 g/mol. The van der Waals surface area contributed by atoms with Gasteiger partial charge in [0.25, 0.3) is 0 Å². The van der Waals surface area contributed by atoms with Crippen LogP contribution in [0.3, 0.4) is 0 Å². The van der Waals surface area contributed by atoms with Gasteiger partial charge in [-0.1, -0.05) is 19.8 Å². The maximum atomic E-state index is 4.38. The highest BCUT2D eigenvalue weighted by atomic mass is 15.0. The number of aryl methyl sites for hydroxylation is 2. The molecule has 1 aromatic heterocycles. The van der Waals surface area contributed by atoms with Crippen molar-refractivity contribution in [2.24, 2.45) is 5.92 Å². The van der Waals surface area contributed by atoms with E-state index >= 15 is 0 Å². The summed E-state index contributed by atoms with van der Waals surface area (Å²) >= 11 is 0. The Balaban J connectivity index is 1.90. The van der Waals surface area contributed by atoms with Crippen LogP contribution in [0.25, 0.3) is 0 Å². The number of anilines is 1. The van der Waals surface area contributed by atoms with Crippen molar-refractivity contribution in [1.82, 2.24) is 9.97 Å². The third kappa shape index (κ3) is 3.18. The van der Waals surface area contributed by atoms with Crippen molar-refractivity contribution >= 4 is 5.82 Å². The Bertz CT molecular complexity index is 332. The Morgan fingerprint density at radius 1 is 1.40 bits per heavy atom. The first kappa shape index (κ1) is 10.4. The van der Waals surface area contributed by atoms with E-state index in [4.69, 9.17) is 0 Å². The maximum absolute atomic E-state index is 4.38. The van der Waals surface area contributed by atoms with Crippen LogP contribution >= 0.6 is 0 Å². The van der Waals surface area contributed by atoms with Crippen LogP contribution in [0.1, 0.15) is 37.7 Å². The minimum absolute atomic E-state index is 0.864. The fraction of sp³-hybridized carbons (Fsp3) is 0.667. The van der Waals surface area contributed by atoms with E-state index in [-0.39, 0.29) is 0 Å². The summed E-state index contributed by atoms with van der Waals surface area (Å²) in [6, 6.07) is 2.06. The number of hydrogen-bond donors (Lipinski definition) is 1. The second-order valence-corrected chi connectivity index (χ2v) is 4.30. The van der Waals surface area contributed by atoms with Crippen LogP contribution in [0.15, 0.2) is 6.07 Å². The van der Waals surface area contributed by atoms with Crippen molar-refractivity contribution in [2.45, 2.75) is 39.5 Å². The zero-order valence-corrected chi connectivity index (χ0v) is 9.58. The molecule has 0 aromatic carbocycles. The molecule has 1 heterocycles. The zero-order chi connectivity index (χ0) is 10.7. The Kier molecular flexibility index (Phi) is 3.19. The van der Waals surface area contributed by atoms with Gasteiger partial charge in [-0.25, -0.2) is 9.97 Å². The lowest BCUT2D eigenvalue weighted by Crippen LogP contribution is -2.06. The number of nitrogens with one attached hydrogen (secondary N) is 1. The van der Waals surface area contributed by atoms with Crippen molar-refractivity contribution < 1.29 is 0 Å². The van der Waals surface area contributed by atoms with Crippen LogP contribution in [0, 0.1) is 12.8 Å². The summed E-state index contributed by atoms with van der Waals surface area (Å²) in [6.07, 6.45) is 5.10. The van der Waals surface area contributed by atoms with Gasteiger partial charge in [-0.2, -0.15) is 0 Å². The van der Waals surface area contributed by atoms with Crippen LogP contribution < -0.4 is 5.32 Å². The molecule has 82 valence electrons. The molecule has 1 aliphatic rings. The van der Waals surface area contributed by atoms with Crippen molar-refractivity contribution in [3.05, 3.63) is 17.6 Å². The summed E-state index contributed by atoms with van der Waals surface area (Å²) in [5.74, 6) is 2.83. The van der Waals surface area contributed by atoms with Gasteiger partial charge in [0.2, 0.25) is 0 Å². The summed E-state index contributed by atoms with van der Waals surface area (Å²) in [5, 5.41) is 3.38. The second kappa shape index (κ2) is 4.60. The molecule has 1 N–H and O–H groups in total. The smallest absolute Gasteiger partial charge is 0.129 e. The maximum Gasteiger partial charge on any atom is 0.129 e. The molecule has 0 aliphatic heterocycles. The summed E-state index contributed by atoms with van der Waals surface area (Å²) in [4.78, 5) is 8.73.